The van der Waals surface area contributed by atoms with Crippen LogP contribution in [-0.4, -0.2) is 37.6 Å². The number of hydrogen-bond donors (Lipinski definition) is 1. The fourth-order valence-corrected chi connectivity index (χ4v) is 2.11. The quantitative estimate of drug-likeness (QED) is 0.785. The van der Waals surface area contributed by atoms with Crippen molar-refractivity contribution in [3.05, 3.63) is 29.8 Å². The van der Waals surface area contributed by atoms with Gasteiger partial charge in [-0.2, -0.15) is 0 Å². The fraction of sp³-hybridized carbons (Fsp3) is 0.611. The van der Waals surface area contributed by atoms with Gasteiger partial charge in [0, 0.05) is 19.2 Å². The molecule has 4 nitrogen and oxygen atoms in total. The first-order valence-electron chi connectivity index (χ1n) is 7.93. The molecule has 23 heavy (non-hydrogen) atoms. The average molecular weight is 343 g/mol. The van der Waals surface area contributed by atoms with Gasteiger partial charge in [0.05, 0.1) is 6.61 Å². The van der Waals surface area contributed by atoms with Crippen LogP contribution in [0.15, 0.2) is 24.3 Å². The number of halogens is 1. The van der Waals surface area contributed by atoms with Crippen molar-refractivity contribution in [2.75, 3.05) is 26.7 Å². The van der Waals surface area contributed by atoms with Crippen LogP contribution in [0.1, 0.15) is 44.5 Å². The van der Waals surface area contributed by atoms with Crippen LogP contribution < -0.4 is 10.5 Å². The molecule has 0 saturated carbocycles. The highest BCUT2D eigenvalue weighted by Gasteiger charge is 2.21. The number of ether oxygens (including phenoxy) is 1. The minimum atomic E-state index is -0.0791. The minimum Gasteiger partial charge on any atom is -0.494 e. The second kappa shape index (κ2) is 9.78. The number of benzene rings is 1. The lowest BCUT2D eigenvalue weighted by atomic mass is 9.93. The van der Waals surface area contributed by atoms with Gasteiger partial charge in [-0.15, -0.1) is 12.4 Å². The number of carbonyl (C=O) groups excluding carboxylic acids is 1. The van der Waals surface area contributed by atoms with E-state index < -0.39 is 0 Å². The summed E-state index contributed by atoms with van der Waals surface area (Å²) in [6.45, 7) is 10.3. The molecule has 1 aromatic carbocycles. The summed E-state index contributed by atoms with van der Waals surface area (Å²) < 4.78 is 5.67. The van der Waals surface area contributed by atoms with Crippen molar-refractivity contribution in [3.63, 3.8) is 0 Å². The van der Waals surface area contributed by atoms with Gasteiger partial charge in [0.1, 0.15) is 5.75 Å². The van der Waals surface area contributed by atoms with Gasteiger partial charge in [-0.1, -0.05) is 27.7 Å². The largest absolute Gasteiger partial charge is 0.494 e. The molecule has 5 heteroatoms. The normalized spacial score (nSPS) is 11.1. The third-order valence-electron chi connectivity index (χ3n) is 3.63. The van der Waals surface area contributed by atoms with Gasteiger partial charge >= 0.3 is 0 Å². The molecule has 1 amide bonds. The Labute approximate surface area is 146 Å². The van der Waals surface area contributed by atoms with Crippen molar-refractivity contribution in [2.24, 2.45) is 17.1 Å². The Balaban J connectivity index is 0.00000484. The Morgan fingerprint density at radius 2 is 1.83 bits per heavy atom. The first kappa shape index (κ1) is 21.7. The average Bonchev–Trinajstić information content (AvgIpc) is 2.46. The lowest BCUT2D eigenvalue weighted by Crippen LogP contribution is -2.39. The maximum atomic E-state index is 12.4. The zero-order valence-corrected chi connectivity index (χ0v) is 15.8. The molecule has 0 atom stereocenters. The summed E-state index contributed by atoms with van der Waals surface area (Å²) in [5.74, 6) is 1.44. The van der Waals surface area contributed by atoms with Gasteiger partial charge in [0.2, 0.25) is 0 Å². The SMILES string of the molecule is CC(C)CCOc1ccc(C(=O)N(C)CC(C)(C)CN)cc1.Cl. The monoisotopic (exact) mass is 342 g/mol. The van der Waals surface area contributed by atoms with Crippen molar-refractivity contribution in [1.82, 2.24) is 4.90 Å². The molecule has 0 saturated heterocycles. The van der Waals surface area contributed by atoms with E-state index in [9.17, 15) is 4.79 Å². The van der Waals surface area contributed by atoms with E-state index in [1.54, 1.807) is 4.90 Å². The number of amides is 1. The molecule has 0 fully saturated rings. The topological polar surface area (TPSA) is 55.6 Å². The van der Waals surface area contributed by atoms with Crippen molar-refractivity contribution >= 4 is 18.3 Å². The van der Waals surface area contributed by atoms with Crippen LogP contribution >= 0.6 is 12.4 Å². The smallest absolute Gasteiger partial charge is 0.253 e. The van der Waals surface area contributed by atoms with Crippen LogP contribution in [0.2, 0.25) is 0 Å². The van der Waals surface area contributed by atoms with Gasteiger partial charge in [-0.3, -0.25) is 4.79 Å². The van der Waals surface area contributed by atoms with Gasteiger partial charge in [-0.25, -0.2) is 0 Å². The molecule has 1 rings (SSSR count). The molecule has 132 valence electrons. The summed E-state index contributed by atoms with van der Waals surface area (Å²) in [4.78, 5) is 14.1. The molecule has 0 radical (unpaired) electrons. The summed E-state index contributed by atoms with van der Waals surface area (Å²) in [5.41, 5.74) is 6.32. The summed E-state index contributed by atoms with van der Waals surface area (Å²) >= 11 is 0. The molecule has 0 aromatic heterocycles. The minimum absolute atomic E-state index is 0. The fourth-order valence-electron chi connectivity index (χ4n) is 2.11. The first-order valence-corrected chi connectivity index (χ1v) is 7.93. The zero-order chi connectivity index (χ0) is 16.8. The van der Waals surface area contributed by atoms with Crippen LogP contribution in [0, 0.1) is 11.3 Å². The third kappa shape index (κ3) is 7.71. The Bertz CT molecular complexity index is 472. The first-order chi connectivity index (χ1) is 10.2. The number of carbonyl (C=O) groups is 1. The van der Waals surface area contributed by atoms with E-state index in [2.05, 4.69) is 27.7 Å². The number of nitrogens with two attached hydrogens (primary N) is 1. The van der Waals surface area contributed by atoms with Crippen LogP contribution in [0.5, 0.6) is 5.75 Å². The van der Waals surface area contributed by atoms with Gasteiger partial charge in [0.15, 0.2) is 0 Å². The van der Waals surface area contributed by atoms with Crippen LogP contribution in [-0.2, 0) is 0 Å². The van der Waals surface area contributed by atoms with Crippen molar-refractivity contribution in [3.8, 4) is 5.75 Å². The Kier molecular flexibility index (Phi) is 9.25. The van der Waals surface area contributed by atoms with Gasteiger partial charge in [-0.05, 0) is 48.6 Å². The van der Waals surface area contributed by atoms with Gasteiger partial charge in [0.25, 0.3) is 5.91 Å². The highest BCUT2D eigenvalue weighted by Crippen LogP contribution is 2.18. The Morgan fingerprint density at radius 1 is 1.26 bits per heavy atom. The standard InChI is InChI=1S/C18H30N2O2.ClH/c1-14(2)10-11-22-16-8-6-15(7-9-16)17(21)20(5)13-18(3,4)12-19;/h6-9,14H,10-13,19H2,1-5H3;1H. The zero-order valence-electron chi connectivity index (χ0n) is 15.0. The Hall–Kier alpha value is -1.26. The number of hydrogen-bond acceptors (Lipinski definition) is 3. The molecule has 0 aliphatic heterocycles. The van der Waals surface area contributed by atoms with Gasteiger partial charge < -0.3 is 15.4 Å². The van der Waals surface area contributed by atoms with E-state index in [-0.39, 0.29) is 23.7 Å². The summed E-state index contributed by atoms with van der Waals surface area (Å²) in [5, 5.41) is 0. The molecule has 2 N–H and O–H groups in total. The third-order valence-corrected chi connectivity index (χ3v) is 3.63. The molecule has 0 bridgehead atoms. The van der Waals surface area contributed by atoms with E-state index >= 15 is 0 Å². The number of nitrogens with zero attached hydrogens (tertiary/aromatic N) is 1. The summed E-state index contributed by atoms with van der Waals surface area (Å²) in [7, 11) is 1.81. The molecular weight excluding hydrogens is 312 g/mol. The highest BCUT2D eigenvalue weighted by atomic mass is 35.5. The molecule has 0 unspecified atom stereocenters. The van der Waals surface area contributed by atoms with Crippen molar-refractivity contribution in [2.45, 2.75) is 34.1 Å². The summed E-state index contributed by atoms with van der Waals surface area (Å²) in [6.07, 6.45) is 1.03. The molecule has 1 aromatic rings. The second-order valence-electron chi connectivity index (χ2n) is 7.08. The maximum Gasteiger partial charge on any atom is 0.253 e. The van der Waals surface area contributed by atoms with E-state index in [4.69, 9.17) is 10.5 Å². The van der Waals surface area contributed by atoms with Crippen LogP contribution in [0.4, 0.5) is 0 Å². The van der Waals surface area contributed by atoms with E-state index in [0.717, 1.165) is 12.2 Å². The van der Waals surface area contributed by atoms with Crippen LogP contribution in [0.25, 0.3) is 0 Å². The molecule has 0 heterocycles. The highest BCUT2D eigenvalue weighted by molar-refractivity contribution is 5.94. The molecule has 0 spiro atoms. The predicted molar refractivity (Wildman–Crippen MR) is 98.4 cm³/mol. The number of rotatable bonds is 8. The van der Waals surface area contributed by atoms with E-state index in [1.165, 1.54) is 0 Å². The van der Waals surface area contributed by atoms with E-state index in [0.29, 0.717) is 31.2 Å². The van der Waals surface area contributed by atoms with Crippen LogP contribution in [0.3, 0.4) is 0 Å². The summed E-state index contributed by atoms with van der Waals surface area (Å²) in [6, 6.07) is 7.35. The molecular formula is C18H31ClN2O2. The van der Waals surface area contributed by atoms with Crippen molar-refractivity contribution < 1.29 is 9.53 Å². The molecule has 0 aliphatic rings. The van der Waals surface area contributed by atoms with E-state index in [1.807, 2.05) is 31.3 Å². The second-order valence-corrected chi connectivity index (χ2v) is 7.08. The maximum absolute atomic E-state index is 12.4. The molecule has 0 aliphatic carbocycles. The predicted octanol–water partition coefficient (Wildman–Crippen LogP) is 3.59. The lowest BCUT2D eigenvalue weighted by molar-refractivity contribution is 0.0740. The Morgan fingerprint density at radius 3 is 2.30 bits per heavy atom. The van der Waals surface area contributed by atoms with Crippen molar-refractivity contribution in [1.29, 1.82) is 0 Å². The lowest BCUT2D eigenvalue weighted by Gasteiger charge is -2.29.